The average Bonchev–Trinajstić information content (AvgIpc) is 2.13. The Kier molecular flexibility index (Phi) is 4.44. The molecule has 0 saturated carbocycles. The van der Waals surface area contributed by atoms with E-state index in [1.807, 2.05) is 0 Å². The molecule has 90 valence electrons. The van der Waals surface area contributed by atoms with Crippen LogP contribution in [0.3, 0.4) is 0 Å². The van der Waals surface area contributed by atoms with Gasteiger partial charge < -0.3 is 10.1 Å². The molecule has 0 bridgehead atoms. The molecule has 0 aliphatic rings. The number of ether oxygens (including phenoxy) is 1. The Morgan fingerprint density at radius 1 is 1.31 bits per heavy atom. The molecule has 0 aliphatic heterocycles. The molecule has 0 heterocycles. The summed E-state index contributed by atoms with van der Waals surface area (Å²) in [4.78, 5) is 0. The molecular formula is C10H11ClF3NO. The highest BCUT2D eigenvalue weighted by molar-refractivity contribution is 6.30. The van der Waals surface area contributed by atoms with E-state index in [4.69, 9.17) is 11.6 Å². The van der Waals surface area contributed by atoms with Gasteiger partial charge in [-0.15, -0.1) is 0 Å². The van der Waals surface area contributed by atoms with Gasteiger partial charge in [0.2, 0.25) is 0 Å². The summed E-state index contributed by atoms with van der Waals surface area (Å²) in [7, 11) is 1.73. The Morgan fingerprint density at radius 3 is 2.56 bits per heavy atom. The van der Waals surface area contributed by atoms with Crippen LogP contribution in [0.2, 0.25) is 5.02 Å². The number of alkyl halides is 3. The fourth-order valence-electron chi connectivity index (χ4n) is 1.18. The molecule has 1 N–H and O–H groups in total. The summed E-state index contributed by atoms with van der Waals surface area (Å²) in [5.74, 6) is 0.120. The third kappa shape index (κ3) is 4.72. The number of benzene rings is 1. The van der Waals surface area contributed by atoms with Crippen LogP contribution < -0.4 is 10.1 Å². The van der Waals surface area contributed by atoms with E-state index >= 15 is 0 Å². The van der Waals surface area contributed by atoms with E-state index in [1.54, 1.807) is 13.1 Å². The van der Waals surface area contributed by atoms with Gasteiger partial charge in [-0.05, 0) is 30.8 Å². The molecule has 16 heavy (non-hydrogen) atoms. The van der Waals surface area contributed by atoms with E-state index < -0.39 is 12.8 Å². The van der Waals surface area contributed by atoms with E-state index in [-0.39, 0.29) is 5.75 Å². The molecule has 6 heteroatoms. The largest absolute Gasteiger partial charge is 0.484 e. The maximum atomic E-state index is 11.9. The fraction of sp³-hybridized carbons (Fsp3) is 0.400. The Balaban J connectivity index is 2.72. The van der Waals surface area contributed by atoms with Crippen molar-refractivity contribution in [3.05, 3.63) is 28.8 Å². The van der Waals surface area contributed by atoms with Crippen molar-refractivity contribution in [1.82, 2.24) is 5.32 Å². The minimum atomic E-state index is -4.34. The summed E-state index contributed by atoms with van der Waals surface area (Å²) in [6, 6.07) is 4.54. The van der Waals surface area contributed by atoms with Crippen molar-refractivity contribution in [3.8, 4) is 5.75 Å². The average molecular weight is 254 g/mol. The molecule has 1 aromatic rings. The summed E-state index contributed by atoms with van der Waals surface area (Å²) in [5, 5.41) is 3.23. The third-order valence-electron chi connectivity index (χ3n) is 1.71. The first-order valence-corrected chi connectivity index (χ1v) is 4.92. The van der Waals surface area contributed by atoms with Gasteiger partial charge in [-0.2, -0.15) is 13.2 Å². The van der Waals surface area contributed by atoms with Crippen LogP contribution in [0.25, 0.3) is 0 Å². The van der Waals surface area contributed by atoms with Crippen molar-refractivity contribution in [2.24, 2.45) is 0 Å². The summed E-state index contributed by atoms with van der Waals surface area (Å²) in [6.45, 7) is -0.796. The third-order valence-corrected chi connectivity index (χ3v) is 1.93. The summed E-state index contributed by atoms with van der Waals surface area (Å²) in [5.41, 5.74) is 0.771. The second-order valence-electron chi connectivity index (χ2n) is 3.23. The summed E-state index contributed by atoms with van der Waals surface area (Å²) in [6.07, 6.45) is -4.34. The first-order chi connectivity index (χ1) is 7.40. The maximum absolute atomic E-state index is 11.9. The SMILES string of the molecule is CNCc1cc(Cl)cc(OCC(F)(F)F)c1. The van der Waals surface area contributed by atoms with Gasteiger partial charge >= 0.3 is 6.18 Å². The van der Waals surface area contributed by atoms with E-state index in [9.17, 15) is 13.2 Å². The molecule has 0 aliphatic carbocycles. The van der Waals surface area contributed by atoms with E-state index in [2.05, 4.69) is 10.1 Å². The van der Waals surface area contributed by atoms with E-state index in [0.717, 1.165) is 5.56 Å². The first-order valence-electron chi connectivity index (χ1n) is 4.54. The van der Waals surface area contributed by atoms with Crippen molar-refractivity contribution >= 4 is 11.6 Å². The van der Waals surface area contributed by atoms with Crippen molar-refractivity contribution in [3.63, 3.8) is 0 Å². The van der Waals surface area contributed by atoms with Gasteiger partial charge in [0.25, 0.3) is 0 Å². The smallest absolute Gasteiger partial charge is 0.422 e. The lowest BCUT2D eigenvalue weighted by molar-refractivity contribution is -0.153. The van der Waals surface area contributed by atoms with Crippen molar-refractivity contribution in [2.45, 2.75) is 12.7 Å². The molecule has 1 aromatic carbocycles. The van der Waals surface area contributed by atoms with Gasteiger partial charge in [-0.25, -0.2) is 0 Å². The Hall–Kier alpha value is -0.940. The van der Waals surface area contributed by atoms with E-state index in [0.29, 0.717) is 11.6 Å². The van der Waals surface area contributed by atoms with Crippen LogP contribution in [-0.2, 0) is 6.54 Å². The van der Waals surface area contributed by atoms with Crippen LogP contribution in [0.4, 0.5) is 13.2 Å². The summed E-state index contributed by atoms with van der Waals surface area (Å²) >= 11 is 5.75. The highest BCUT2D eigenvalue weighted by Crippen LogP contribution is 2.23. The minimum absolute atomic E-state index is 0.120. The lowest BCUT2D eigenvalue weighted by Gasteiger charge is -2.10. The van der Waals surface area contributed by atoms with Crippen molar-refractivity contribution < 1.29 is 17.9 Å². The number of hydrogen-bond acceptors (Lipinski definition) is 2. The highest BCUT2D eigenvalue weighted by atomic mass is 35.5. The van der Waals surface area contributed by atoms with Gasteiger partial charge in [0.15, 0.2) is 6.61 Å². The Bertz CT molecular complexity index is 354. The monoisotopic (exact) mass is 253 g/mol. The normalized spacial score (nSPS) is 11.6. The van der Waals surface area contributed by atoms with Crippen LogP contribution in [0.5, 0.6) is 5.75 Å². The van der Waals surface area contributed by atoms with Gasteiger partial charge in [0.05, 0.1) is 0 Å². The maximum Gasteiger partial charge on any atom is 0.422 e. The number of hydrogen-bond donors (Lipinski definition) is 1. The molecule has 0 unspecified atom stereocenters. The molecule has 0 radical (unpaired) electrons. The minimum Gasteiger partial charge on any atom is -0.484 e. The number of rotatable bonds is 4. The molecule has 0 atom stereocenters. The molecule has 0 spiro atoms. The van der Waals surface area contributed by atoms with Crippen LogP contribution in [0, 0.1) is 0 Å². The van der Waals surface area contributed by atoms with Crippen molar-refractivity contribution in [2.75, 3.05) is 13.7 Å². The molecule has 0 amide bonds. The zero-order chi connectivity index (χ0) is 12.2. The standard InChI is InChI=1S/C10H11ClF3NO/c1-15-5-7-2-8(11)4-9(3-7)16-6-10(12,13)14/h2-4,15H,5-6H2,1H3. The van der Waals surface area contributed by atoms with E-state index in [1.165, 1.54) is 12.1 Å². The quantitative estimate of drug-likeness (QED) is 0.891. The lowest BCUT2D eigenvalue weighted by Crippen LogP contribution is -2.19. The molecule has 0 aromatic heterocycles. The summed E-state index contributed by atoms with van der Waals surface area (Å²) < 4.78 is 40.4. The Morgan fingerprint density at radius 2 is 2.00 bits per heavy atom. The first kappa shape index (κ1) is 13.1. The van der Waals surface area contributed by atoms with Crippen molar-refractivity contribution in [1.29, 1.82) is 0 Å². The van der Waals surface area contributed by atoms with Crippen LogP contribution in [-0.4, -0.2) is 19.8 Å². The van der Waals surface area contributed by atoms with Crippen LogP contribution in [0.1, 0.15) is 5.56 Å². The van der Waals surface area contributed by atoms with Gasteiger partial charge in [0.1, 0.15) is 5.75 Å². The van der Waals surface area contributed by atoms with Gasteiger partial charge in [-0.1, -0.05) is 11.6 Å². The predicted octanol–water partition coefficient (Wildman–Crippen LogP) is 3.00. The molecule has 0 fully saturated rings. The second kappa shape index (κ2) is 5.41. The van der Waals surface area contributed by atoms with Gasteiger partial charge in [-0.3, -0.25) is 0 Å². The molecular weight excluding hydrogens is 243 g/mol. The fourth-order valence-corrected chi connectivity index (χ4v) is 1.42. The number of halogens is 4. The lowest BCUT2D eigenvalue weighted by atomic mass is 10.2. The predicted molar refractivity (Wildman–Crippen MR) is 55.8 cm³/mol. The Labute approximate surface area is 96.4 Å². The number of nitrogens with one attached hydrogen (secondary N) is 1. The molecule has 0 saturated heterocycles. The highest BCUT2D eigenvalue weighted by Gasteiger charge is 2.28. The molecule has 2 nitrogen and oxygen atoms in total. The zero-order valence-electron chi connectivity index (χ0n) is 8.57. The van der Waals surface area contributed by atoms with Crippen LogP contribution in [0.15, 0.2) is 18.2 Å². The van der Waals surface area contributed by atoms with Crippen LogP contribution >= 0.6 is 11.6 Å². The zero-order valence-corrected chi connectivity index (χ0v) is 9.32. The second-order valence-corrected chi connectivity index (χ2v) is 3.67. The topological polar surface area (TPSA) is 21.3 Å². The van der Waals surface area contributed by atoms with Gasteiger partial charge in [0, 0.05) is 11.6 Å². The molecule has 1 rings (SSSR count).